The number of fused-ring (bicyclic) bond motifs is 2. The van der Waals surface area contributed by atoms with Crippen LogP contribution in [0.2, 0.25) is 0 Å². The van der Waals surface area contributed by atoms with E-state index in [4.69, 9.17) is 0 Å². The molecule has 5 heteroatoms. The van der Waals surface area contributed by atoms with Crippen molar-refractivity contribution in [1.29, 1.82) is 0 Å². The fourth-order valence-corrected chi connectivity index (χ4v) is 5.57. The molecule has 0 aromatic heterocycles. The third-order valence-electron chi connectivity index (χ3n) is 5.66. The Bertz CT molecular complexity index is 707. The number of hydrazone groups is 1. The van der Waals surface area contributed by atoms with Gasteiger partial charge >= 0.3 is 0 Å². The molecule has 0 amide bonds. The van der Waals surface area contributed by atoms with E-state index in [1.807, 2.05) is 19.1 Å². The van der Waals surface area contributed by atoms with Crippen molar-refractivity contribution in [2.45, 2.75) is 43.9 Å². The summed E-state index contributed by atoms with van der Waals surface area (Å²) in [4.78, 5) is 2.76. The maximum absolute atomic E-state index is 12.4. The highest BCUT2D eigenvalue weighted by Gasteiger charge is 2.47. The van der Waals surface area contributed by atoms with Crippen molar-refractivity contribution < 1.29 is 8.42 Å². The second kappa shape index (κ2) is 5.08. The molecule has 0 heterocycles. The third-order valence-corrected chi connectivity index (χ3v) is 6.89. The number of sulfonamides is 1. The van der Waals surface area contributed by atoms with Gasteiger partial charge in [-0.2, -0.15) is 13.5 Å². The Hall–Kier alpha value is -1.36. The zero-order valence-electron chi connectivity index (χ0n) is 12.8. The number of rotatable bonds is 3. The summed E-state index contributed by atoms with van der Waals surface area (Å²) in [5, 5.41) is 4.35. The van der Waals surface area contributed by atoms with E-state index < -0.39 is 10.0 Å². The van der Waals surface area contributed by atoms with E-state index in [1.165, 1.54) is 25.7 Å². The Balaban J connectivity index is 1.55. The van der Waals surface area contributed by atoms with Crippen LogP contribution in [-0.4, -0.2) is 14.1 Å². The Morgan fingerprint density at radius 3 is 2.55 bits per heavy atom. The molecule has 1 N–H and O–H groups in total. The molecule has 1 aromatic rings. The van der Waals surface area contributed by atoms with E-state index in [1.54, 1.807) is 12.1 Å². The SMILES string of the molecule is Cc1ccc(S(=O)(=O)N/N=C2\C[C@H]3C[C@H]4C[C@@H](C3)[C@@H]2C4)cc1. The van der Waals surface area contributed by atoms with Crippen molar-refractivity contribution in [2.24, 2.45) is 28.8 Å². The molecule has 4 nitrogen and oxygen atoms in total. The Morgan fingerprint density at radius 1 is 1.05 bits per heavy atom. The Morgan fingerprint density at radius 2 is 1.77 bits per heavy atom. The van der Waals surface area contributed by atoms with Gasteiger partial charge in [-0.3, -0.25) is 0 Å². The second-order valence-electron chi connectivity index (χ2n) is 7.26. The smallest absolute Gasteiger partial charge is 0.200 e. The molecular formula is C17H22N2O2S. The summed E-state index contributed by atoms with van der Waals surface area (Å²) < 4.78 is 24.7. The molecule has 0 spiro atoms. The minimum absolute atomic E-state index is 0.283. The molecule has 3 bridgehead atoms. The first-order chi connectivity index (χ1) is 10.5. The van der Waals surface area contributed by atoms with E-state index in [2.05, 4.69) is 9.93 Å². The highest BCUT2D eigenvalue weighted by atomic mass is 32.2. The van der Waals surface area contributed by atoms with Crippen LogP contribution in [0, 0.1) is 30.6 Å². The second-order valence-corrected chi connectivity index (χ2v) is 8.92. The van der Waals surface area contributed by atoms with Gasteiger partial charge < -0.3 is 0 Å². The third kappa shape index (κ3) is 2.45. The number of benzene rings is 1. The highest BCUT2D eigenvalue weighted by Crippen LogP contribution is 2.53. The number of nitrogens with one attached hydrogen (secondary N) is 1. The van der Waals surface area contributed by atoms with Gasteiger partial charge in [0.1, 0.15) is 0 Å². The van der Waals surface area contributed by atoms with E-state index in [9.17, 15) is 8.42 Å². The standard InChI is InChI=1S/C17H22N2O2S/c1-11-2-4-15(5-3-11)22(20,21)19-18-17-10-13-6-12-7-14(8-13)16(17)9-12/h2-5,12-14,16,19H,6-10H2,1H3/b18-17+/t12-,13-,14-,16-/m0/s1. The van der Waals surface area contributed by atoms with Crippen molar-refractivity contribution in [2.75, 3.05) is 0 Å². The zero-order valence-corrected chi connectivity index (χ0v) is 13.6. The minimum Gasteiger partial charge on any atom is -0.200 e. The lowest BCUT2D eigenvalue weighted by molar-refractivity contribution is 0.242. The summed E-state index contributed by atoms with van der Waals surface area (Å²) in [6.45, 7) is 1.94. The molecule has 0 aliphatic heterocycles. The van der Waals surface area contributed by atoms with E-state index in [0.29, 0.717) is 5.92 Å². The fraction of sp³-hybridized carbons (Fsp3) is 0.588. The first-order valence-electron chi connectivity index (χ1n) is 8.16. The number of nitrogens with zero attached hydrogens (tertiary/aromatic N) is 1. The van der Waals surface area contributed by atoms with Crippen LogP contribution >= 0.6 is 0 Å². The molecule has 3 saturated carbocycles. The minimum atomic E-state index is -3.55. The number of aryl methyl sites for hydroxylation is 1. The van der Waals surface area contributed by atoms with Gasteiger partial charge in [0.15, 0.2) is 0 Å². The lowest BCUT2D eigenvalue weighted by Crippen LogP contribution is -2.32. The average Bonchev–Trinajstić information content (AvgIpc) is 2.70. The fourth-order valence-electron chi connectivity index (χ4n) is 4.73. The predicted octanol–water partition coefficient (Wildman–Crippen LogP) is 3.09. The molecular weight excluding hydrogens is 296 g/mol. The van der Waals surface area contributed by atoms with Crippen LogP contribution in [0.15, 0.2) is 34.3 Å². The zero-order chi connectivity index (χ0) is 15.3. The molecule has 4 atom stereocenters. The summed E-state index contributed by atoms with van der Waals surface area (Å²) in [6, 6.07) is 6.89. The van der Waals surface area contributed by atoms with E-state index >= 15 is 0 Å². The molecule has 3 aliphatic rings. The number of hydrogen-bond donors (Lipinski definition) is 1. The maximum Gasteiger partial charge on any atom is 0.276 e. The maximum atomic E-state index is 12.4. The Kier molecular flexibility index (Phi) is 3.29. The van der Waals surface area contributed by atoms with Crippen molar-refractivity contribution in [1.82, 2.24) is 4.83 Å². The van der Waals surface area contributed by atoms with Gasteiger partial charge in [-0.15, -0.1) is 0 Å². The van der Waals surface area contributed by atoms with Crippen molar-refractivity contribution in [3.05, 3.63) is 29.8 Å². The normalized spacial score (nSPS) is 35.0. The molecule has 1 aromatic carbocycles. The quantitative estimate of drug-likeness (QED) is 0.871. The Labute approximate surface area is 132 Å². The van der Waals surface area contributed by atoms with Crippen LogP contribution in [0.4, 0.5) is 0 Å². The summed E-state index contributed by atoms with van der Waals surface area (Å²) in [5.74, 6) is 2.85. The molecule has 3 aliphatic carbocycles. The van der Waals surface area contributed by atoms with E-state index in [-0.39, 0.29) is 4.90 Å². The van der Waals surface area contributed by atoms with Gasteiger partial charge in [0, 0.05) is 11.6 Å². The topological polar surface area (TPSA) is 58.5 Å². The van der Waals surface area contributed by atoms with Crippen molar-refractivity contribution in [3.8, 4) is 0 Å². The van der Waals surface area contributed by atoms with Crippen LogP contribution in [-0.2, 0) is 10.0 Å². The lowest BCUT2D eigenvalue weighted by Gasteiger charge is -2.34. The largest absolute Gasteiger partial charge is 0.276 e. The van der Waals surface area contributed by atoms with E-state index in [0.717, 1.165) is 35.4 Å². The average molecular weight is 318 g/mol. The van der Waals surface area contributed by atoms with Crippen LogP contribution in [0.1, 0.15) is 37.7 Å². The van der Waals surface area contributed by atoms with Crippen LogP contribution in [0.5, 0.6) is 0 Å². The molecule has 22 heavy (non-hydrogen) atoms. The first kappa shape index (κ1) is 14.2. The van der Waals surface area contributed by atoms with Gasteiger partial charge in [0.05, 0.1) is 4.90 Å². The summed E-state index contributed by atoms with van der Waals surface area (Å²) in [6.07, 6.45) is 6.16. The summed E-state index contributed by atoms with van der Waals surface area (Å²) >= 11 is 0. The van der Waals surface area contributed by atoms with Gasteiger partial charge in [0.2, 0.25) is 0 Å². The van der Waals surface area contributed by atoms with Crippen LogP contribution < -0.4 is 4.83 Å². The number of hydrogen-bond acceptors (Lipinski definition) is 3. The molecule has 0 radical (unpaired) electrons. The lowest BCUT2D eigenvalue weighted by atomic mass is 9.71. The monoisotopic (exact) mass is 318 g/mol. The van der Waals surface area contributed by atoms with Gasteiger partial charge in [0.25, 0.3) is 10.0 Å². The molecule has 118 valence electrons. The molecule has 3 fully saturated rings. The molecule has 0 unspecified atom stereocenters. The van der Waals surface area contributed by atoms with Crippen LogP contribution in [0.25, 0.3) is 0 Å². The van der Waals surface area contributed by atoms with Gasteiger partial charge in [-0.25, -0.2) is 4.83 Å². The summed E-state index contributed by atoms with van der Waals surface area (Å²) in [5.41, 5.74) is 2.14. The molecule has 4 rings (SSSR count). The first-order valence-corrected chi connectivity index (χ1v) is 9.64. The van der Waals surface area contributed by atoms with Gasteiger partial charge in [-0.05, 0) is 68.9 Å². The summed E-state index contributed by atoms with van der Waals surface area (Å²) in [7, 11) is -3.55. The molecule has 0 saturated heterocycles. The van der Waals surface area contributed by atoms with Crippen molar-refractivity contribution >= 4 is 15.7 Å². The highest BCUT2D eigenvalue weighted by molar-refractivity contribution is 7.89. The predicted molar refractivity (Wildman–Crippen MR) is 86.0 cm³/mol. The van der Waals surface area contributed by atoms with Crippen LogP contribution in [0.3, 0.4) is 0 Å². The van der Waals surface area contributed by atoms with Gasteiger partial charge in [-0.1, -0.05) is 17.7 Å². The van der Waals surface area contributed by atoms with Crippen molar-refractivity contribution in [3.63, 3.8) is 0 Å².